The molecule has 0 fully saturated rings. The van der Waals surface area contributed by atoms with Crippen LogP contribution in [0.25, 0.3) is 22.5 Å². The Morgan fingerprint density at radius 3 is 2.00 bits per heavy atom. The molecule has 0 atom stereocenters. The molecule has 0 bridgehead atoms. The first kappa shape index (κ1) is 9.85. The predicted molar refractivity (Wildman–Crippen MR) is 68.3 cm³/mol. The van der Waals surface area contributed by atoms with Crippen LogP contribution in [0.5, 0.6) is 0 Å². The zero-order valence-corrected chi connectivity index (χ0v) is 9.22. The van der Waals surface area contributed by atoms with Gasteiger partial charge in [0.1, 0.15) is 0 Å². The van der Waals surface area contributed by atoms with E-state index in [1.807, 2.05) is 36.4 Å². The van der Waals surface area contributed by atoms with Gasteiger partial charge in [-0.05, 0) is 0 Å². The third-order valence-corrected chi connectivity index (χ3v) is 2.70. The van der Waals surface area contributed by atoms with E-state index in [-0.39, 0.29) is 0 Å². The second-order valence-electron chi connectivity index (χ2n) is 3.80. The summed E-state index contributed by atoms with van der Waals surface area (Å²) >= 11 is 0. The van der Waals surface area contributed by atoms with Crippen molar-refractivity contribution in [1.29, 1.82) is 0 Å². The highest BCUT2D eigenvalue weighted by Gasteiger charge is 2.09. The molecule has 0 aliphatic carbocycles. The summed E-state index contributed by atoms with van der Waals surface area (Å²) in [5.74, 6) is 0. The maximum atomic E-state index is 4.28. The molecule has 0 saturated heterocycles. The third-order valence-electron chi connectivity index (χ3n) is 2.70. The predicted octanol–water partition coefficient (Wildman–Crippen LogP) is 3.54. The quantitative estimate of drug-likeness (QED) is 0.701. The molecular formula is C15H11N2. The lowest BCUT2D eigenvalue weighted by Gasteiger charge is -2.02. The van der Waals surface area contributed by atoms with Gasteiger partial charge in [0.2, 0.25) is 0 Å². The lowest BCUT2D eigenvalue weighted by molar-refractivity contribution is 1.29. The highest BCUT2D eigenvalue weighted by molar-refractivity contribution is 5.77. The van der Waals surface area contributed by atoms with Crippen molar-refractivity contribution < 1.29 is 0 Å². The monoisotopic (exact) mass is 219 g/mol. The van der Waals surface area contributed by atoms with E-state index < -0.39 is 0 Å². The molecule has 1 aromatic heterocycles. The fourth-order valence-corrected chi connectivity index (χ4v) is 1.87. The molecule has 0 aliphatic rings. The molecule has 0 saturated carbocycles. The van der Waals surface area contributed by atoms with Crippen LogP contribution in [0.1, 0.15) is 0 Å². The Hall–Kier alpha value is -2.35. The number of benzene rings is 2. The van der Waals surface area contributed by atoms with Gasteiger partial charge in [-0.2, -0.15) is 0 Å². The van der Waals surface area contributed by atoms with Gasteiger partial charge in [0.15, 0.2) is 6.33 Å². The van der Waals surface area contributed by atoms with E-state index in [1.165, 1.54) is 0 Å². The topological polar surface area (TPSA) is 28.7 Å². The van der Waals surface area contributed by atoms with Crippen LogP contribution in [0.2, 0.25) is 0 Å². The first-order chi connectivity index (χ1) is 8.45. The Labute approximate surface area is 100.0 Å². The summed E-state index contributed by atoms with van der Waals surface area (Å²) in [6, 6.07) is 20.3. The fourth-order valence-electron chi connectivity index (χ4n) is 1.87. The van der Waals surface area contributed by atoms with Crippen LogP contribution in [0.15, 0.2) is 60.7 Å². The summed E-state index contributed by atoms with van der Waals surface area (Å²) < 4.78 is 0. The first-order valence-electron chi connectivity index (χ1n) is 5.52. The lowest BCUT2D eigenvalue weighted by Crippen LogP contribution is -1.82. The normalized spacial score (nSPS) is 10.4. The number of H-pyrrole nitrogens is 1. The van der Waals surface area contributed by atoms with Crippen molar-refractivity contribution in [1.82, 2.24) is 9.97 Å². The molecule has 3 aromatic rings. The summed E-state index contributed by atoms with van der Waals surface area (Å²) in [6.45, 7) is 0. The van der Waals surface area contributed by atoms with E-state index in [2.05, 4.69) is 40.6 Å². The zero-order chi connectivity index (χ0) is 11.5. The number of aromatic nitrogens is 2. The Kier molecular flexibility index (Phi) is 2.47. The number of nitrogens with zero attached hydrogens (tertiary/aromatic N) is 1. The molecule has 81 valence electrons. The first-order valence-corrected chi connectivity index (χ1v) is 5.52. The second-order valence-corrected chi connectivity index (χ2v) is 3.80. The summed E-state index contributed by atoms with van der Waals surface area (Å²) in [5, 5.41) is 0. The van der Waals surface area contributed by atoms with Crippen molar-refractivity contribution in [3.05, 3.63) is 67.0 Å². The summed E-state index contributed by atoms with van der Waals surface area (Å²) in [7, 11) is 0. The average molecular weight is 219 g/mol. The smallest absolute Gasteiger partial charge is 0.174 e. The largest absolute Gasteiger partial charge is 0.335 e. The Balaban J connectivity index is 2.13. The SMILES string of the molecule is [c]1nc(-c2ccccc2)c(-c2ccccc2)[nH]1. The van der Waals surface area contributed by atoms with Gasteiger partial charge in [0, 0.05) is 11.1 Å². The van der Waals surface area contributed by atoms with Gasteiger partial charge in [-0.3, -0.25) is 0 Å². The van der Waals surface area contributed by atoms with Crippen molar-refractivity contribution in [2.24, 2.45) is 0 Å². The van der Waals surface area contributed by atoms with Gasteiger partial charge >= 0.3 is 0 Å². The van der Waals surface area contributed by atoms with E-state index in [0.717, 1.165) is 22.5 Å². The Bertz CT molecular complexity index is 543. The summed E-state index contributed by atoms with van der Waals surface area (Å²) in [5.41, 5.74) is 4.18. The minimum absolute atomic E-state index is 0.941. The second kappa shape index (κ2) is 4.26. The Morgan fingerprint density at radius 1 is 0.765 bits per heavy atom. The average Bonchev–Trinajstić information content (AvgIpc) is 2.90. The van der Waals surface area contributed by atoms with E-state index in [0.29, 0.717) is 0 Å². The fraction of sp³-hybridized carbons (Fsp3) is 0. The van der Waals surface area contributed by atoms with E-state index in [9.17, 15) is 0 Å². The highest BCUT2D eigenvalue weighted by Crippen LogP contribution is 2.27. The number of nitrogens with one attached hydrogen (secondary N) is 1. The van der Waals surface area contributed by atoms with E-state index >= 15 is 0 Å². The van der Waals surface area contributed by atoms with Crippen LogP contribution in [-0.2, 0) is 0 Å². The van der Waals surface area contributed by atoms with Crippen LogP contribution < -0.4 is 0 Å². The minimum atomic E-state index is 0.941. The van der Waals surface area contributed by atoms with Gasteiger partial charge in [0.25, 0.3) is 0 Å². The van der Waals surface area contributed by atoms with Crippen LogP contribution >= 0.6 is 0 Å². The van der Waals surface area contributed by atoms with Crippen molar-refractivity contribution in [3.63, 3.8) is 0 Å². The number of imidazole rings is 1. The molecule has 3 rings (SSSR count). The minimum Gasteiger partial charge on any atom is -0.335 e. The van der Waals surface area contributed by atoms with Gasteiger partial charge in [-0.15, -0.1) is 0 Å². The third kappa shape index (κ3) is 1.85. The maximum Gasteiger partial charge on any atom is 0.174 e. The zero-order valence-electron chi connectivity index (χ0n) is 9.22. The van der Waals surface area contributed by atoms with Gasteiger partial charge in [-0.25, -0.2) is 4.98 Å². The Morgan fingerprint density at radius 2 is 1.35 bits per heavy atom. The van der Waals surface area contributed by atoms with E-state index in [1.54, 1.807) is 0 Å². The highest BCUT2D eigenvalue weighted by atomic mass is 14.9. The summed E-state index contributed by atoms with van der Waals surface area (Å²) in [4.78, 5) is 7.37. The maximum absolute atomic E-state index is 4.28. The van der Waals surface area contributed by atoms with Gasteiger partial charge < -0.3 is 4.98 Å². The number of rotatable bonds is 2. The molecule has 2 aromatic carbocycles. The van der Waals surface area contributed by atoms with Crippen LogP contribution in [0.4, 0.5) is 0 Å². The van der Waals surface area contributed by atoms with Gasteiger partial charge in [0.05, 0.1) is 11.4 Å². The molecule has 2 heteroatoms. The van der Waals surface area contributed by atoms with Crippen LogP contribution in [0.3, 0.4) is 0 Å². The molecule has 1 radical (unpaired) electrons. The molecule has 17 heavy (non-hydrogen) atoms. The number of aromatic amines is 1. The molecule has 1 N–H and O–H groups in total. The standard InChI is InChI=1S/C15H11N2/c1-3-7-12(8-4-1)14-15(17-11-16-14)13-9-5-2-6-10-13/h1-10H,(H,16,17). The van der Waals surface area contributed by atoms with Crippen molar-refractivity contribution in [2.75, 3.05) is 0 Å². The molecule has 2 nitrogen and oxygen atoms in total. The molecule has 0 unspecified atom stereocenters. The molecule has 1 heterocycles. The molecular weight excluding hydrogens is 208 g/mol. The lowest BCUT2D eigenvalue weighted by atomic mass is 10.1. The number of hydrogen-bond acceptors (Lipinski definition) is 1. The van der Waals surface area contributed by atoms with Crippen molar-refractivity contribution >= 4 is 0 Å². The van der Waals surface area contributed by atoms with Crippen LogP contribution in [0, 0.1) is 6.33 Å². The number of hydrogen-bond donors (Lipinski definition) is 1. The van der Waals surface area contributed by atoms with Crippen molar-refractivity contribution in [3.8, 4) is 22.5 Å². The van der Waals surface area contributed by atoms with E-state index in [4.69, 9.17) is 0 Å². The molecule has 0 spiro atoms. The molecule has 0 amide bonds. The van der Waals surface area contributed by atoms with Gasteiger partial charge in [-0.1, -0.05) is 60.7 Å². The van der Waals surface area contributed by atoms with Crippen LogP contribution in [-0.4, -0.2) is 9.97 Å². The molecule has 0 aliphatic heterocycles. The van der Waals surface area contributed by atoms with Crippen molar-refractivity contribution in [2.45, 2.75) is 0 Å². The summed E-state index contributed by atoms with van der Waals surface area (Å²) in [6.07, 6.45) is 2.82.